The van der Waals surface area contributed by atoms with Gasteiger partial charge in [0, 0.05) is 29.7 Å². The van der Waals surface area contributed by atoms with Gasteiger partial charge in [0.1, 0.15) is 17.2 Å². The predicted octanol–water partition coefficient (Wildman–Crippen LogP) is 5.60. The maximum absolute atomic E-state index is 13.9. The van der Waals surface area contributed by atoms with Crippen LogP contribution in [0.15, 0.2) is 53.3 Å². The second-order valence-electron chi connectivity index (χ2n) is 9.18. The Bertz CT molecular complexity index is 1290. The van der Waals surface area contributed by atoms with Crippen LogP contribution in [0.4, 0.5) is 9.18 Å². The molecule has 1 aliphatic heterocycles. The first-order chi connectivity index (χ1) is 16.1. The van der Waals surface area contributed by atoms with Crippen molar-refractivity contribution in [3.05, 3.63) is 81.0 Å². The van der Waals surface area contributed by atoms with E-state index in [9.17, 15) is 14.0 Å². The van der Waals surface area contributed by atoms with Crippen LogP contribution >= 0.6 is 11.6 Å². The summed E-state index contributed by atoms with van der Waals surface area (Å²) in [5.74, 6) is 0.0244. The molecule has 0 unspecified atom stereocenters. The highest BCUT2D eigenvalue weighted by Crippen LogP contribution is 2.32. The number of nitrogens with zero attached hydrogens (tertiary/aromatic N) is 2. The monoisotopic (exact) mass is 484 g/mol. The predicted molar refractivity (Wildman–Crippen MR) is 129 cm³/mol. The number of carbonyl (C=O) groups is 1. The van der Waals surface area contributed by atoms with Gasteiger partial charge < -0.3 is 14.4 Å². The maximum atomic E-state index is 13.9. The lowest BCUT2D eigenvalue weighted by atomic mass is 10.0. The van der Waals surface area contributed by atoms with Crippen LogP contribution in [-0.4, -0.2) is 34.8 Å². The summed E-state index contributed by atoms with van der Waals surface area (Å²) in [5, 5.41) is 0.293. The number of carbonyl (C=O) groups excluding carboxylic acids is 1. The smallest absolute Gasteiger partial charge is 0.410 e. The molecule has 0 radical (unpaired) electrons. The zero-order valence-corrected chi connectivity index (χ0v) is 20.3. The molecule has 0 atom stereocenters. The van der Waals surface area contributed by atoms with Crippen molar-refractivity contribution < 1.29 is 18.7 Å². The highest BCUT2D eigenvalue weighted by atomic mass is 35.5. The van der Waals surface area contributed by atoms with E-state index in [1.54, 1.807) is 39.8 Å². The first-order valence-corrected chi connectivity index (χ1v) is 11.3. The third-order valence-electron chi connectivity index (χ3n) is 5.54. The molecule has 6 nitrogen and oxygen atoms in total. The molecule has 0 N–H and O–H groups in total. The summed E-state index contributed by atoms with van der Waals surface area (Å²) in [6.45, 7) is 6.25. The van der Waals surface area contributed by atoms with E-state index in [0.29, 0.717) is 47.1 Å². The van der Waals surface area contributed by atoms with Gasteiger partial charge in [0.05, 0.1) is 19.3 Å². The number of pyridine rings is 1. The van der Waals surface area contributed by atoms with Crippen LogP contribution in [0.2, 0.25) is 5.02 Å². The Morgan fingerprint density at radius 3 is 2.50 bits per heavy atom. The molecule has 178 valence electrons. The molecule has 2 heterocycles. The number of ether oxygens (including phenoxy) is 2. The Kier molecular flexibility index (Phi) is 6.41. The van der Waals surface area contributed by atoms with Gasteiger partial charge >= 0.3 is 6.09 Å². The van der Waals surface area contributed by atoms with E-state index in [0.717, 1.165) is 11.3 Å². The minimum atomic E-state index is -0.586. The maximum Gasteiger partial charge on any atom is 0.410 e. The number of benzene rings is 2. The van der Waals surface area contributed by atoms with Crippen LogP contribution in [0.1, 0.15) is 32.0 Å². The molecule has 8 heteroatoms. The van der Waals surface area contributed by atoms with E-state index >= 15 is 0 Å². The van der Waals surface area contributed by atoms with E-state index < -0.39 is 11.4 Å². The number of aromatic nitrogens is 1. The fraction of sp³-hybridized carbons (Fsp3) is 0.308. The van der Waals surface area contributed by atoms with Crippen LogP contribution in [0.25, 0.3) is 16.8 Å². The molecule has 0 saturated carbocycles. The largest absolute Gasteiger partial charge is 0.495 e. The molecule has 1 aliphatic rings. The Balaban J connectivity index is 1.73. The van der Waals surface area contributed by atoms with Crippen molar-refractivity contribution in [2.75, 3.05) is 13.7 Å². The third kappa shape index (κ3) is 4.94. The molecule has 34 heavy (non-hydrogen) atoms. The van der Waals surface area contributed by atoms with Crippen LogP contribution in [0.3, 0.4) is 0 Å². The second-order valence-corrected chi connectivity index (χ2v) is 9.61. The number of hydrogen-bond donors (Lipinski definition) is 0. The number of methoxy groups -OCH3 is 1. The second kappa shape index (κ2) is 9.14. The number of fused-ring (bicyclic) bond motifs is 1. The van der Waals surface area contributed by atoms with E-state index in [4.69, 9.17) is 21.1 Å². The summed E-state index contributed by atoms with van der Waals surface area (Å²) in [6.07, 6.45) is 0.0984. The highest BCUT2D eigenvalue weighted by molar-refractivity contribution is 6.30. The van der Waals surface area contributed by atoms with Crippen molar-refractivity contribution in [3.8, 4) is 22.6 Å². The van der Waals surface area contributed by atoms with Crippen molar-refractivity contribution >= 4 is 17.7 Å². The summed E-state index contributed by atoms with van der Waals surface area (Å²) in [6, 6.07) is 12.9. The van der Waals surface area contributed by atoms with Crippen LogP contribution in [0.5, 0.6) is 5.75 Å². The van der Waals surface area contributed by atoms with Crippen LogP contribution in [-0.2, 0) is 17.7 Å². The molecule has 0 fully saturated rings. The number of rotatable bonds is 3. The first kappa shape index (κ1) is 23.8. The van der Waals surface area contributed by atoms with E-state index in [1.807, 2.05) is 20.8 Å². The SMILES string of the molecule is COc1cc(-c2cc(F)cc(Cl)c2)ccc1-n1c2c(ccc1=O)CN(C(=O)OC(C)(C)C)CC2. The lowest BCUT2D eigenvalue weighted by molar-refractivity contribution is 0.0222. The van der Waals surface area contributed by atoms with Gasteiger partial charge in [0.15, 0.2) is 0 Å². The number of hydrogen-bond acceptors (Lipinski definition) is 4. The average molecular weight is 485 g/mol. The third-order valence-corrected chi connectivity index (χ3v) is 5.75. The number of amides is 1. The van der Waals surface area contributed by atoms with Crippen molar-refractivity contribution in [2.45, 2.75) is 39.3 Å². The fourth-order valence-electron chi connectivity index (χ4n) is 4.07. The molecular weight excluding hydrogens is 459 g/mol. The van der Waals surface area contributed by atoms with E-state index in [2.05, 4.69) is 0 Å². The van der Waals surface area contributed by atoms with E-state index in [-0.39, 0.29) is 11.7 Å². The summed E-state index contributed by atoms with van der Waals surface area (Å²) in [5.41, 5.74) is 2.76. The summed E-state index contributed by atoms with van der Waals surface area (Å²) in [4.78, 5) is 27.1. The van der Waals surface area contributed by atoms with E-state index in [1.165, 1.54) is 25.3 Å². The molecule has 0 bridgehead atoms. The minimum Gasteiger partial charge on any atom is -0.495 e. The normalized spacial score (nSPS) is 13.4. The van der Waals surface area contributed by atoms with Gasteiger partial charge in [0.25, 0.3) is 5.56 Å². The Morgan fingerprint density at radius 1 is 1.06 bits per heavy atom. The van der Waals surface area contributed by atoms with Crippen molar-refractivity contribution in [1.82, 2.24) is 9.47 Å². The molecular formula is C26H26ClFN2O4. The molecule has 0 saturated heterocycles. The fourth-order valence-corrected chi connectivity index (χ4v) is 4.29. The Hall–Kier alpha value is -3.32. The topological polar surface area (TPSA) is 60.8 Å². The van der Waals surface area contributed by atoms with Crippen LogP contribution < -0.4 is 10.3 Å². The zero-order valence-electron chi connectivity index (χ0n) is 19.5. The van der Waals surface area contributed by atoms with Gasteiger partial charge in [0.2, 0.25) is 0 Å². The zero-order chi connectivity index (χ0) is 24.6. The molecule has 1 amide bonds. The minimum absolute atomic E-state index is 0.204. The average Bonchev–Trinajstić information content (AvgIpc) is 2.76. The summed E-state index contributed by atoms with van der Waals surface area (Å²) >= 11 is 6.02. The first-order valence-electron chi connectivity index (χ1n) is 10.9. The van der Waals surface area contributed by atoms with Gasteiger partial charge in [-0.2, -0.15) is 0 Å². The van der Waals surface area contributed by atoms with Crippen LogP contribution in [0, 0.1) is 5.82 Å². The summed E-state index contributed by atoms with van der Waals surface area (Å²) < 4.78 is 26.6. The van der Waals surface area contributed by atoms with Gasteiger partial charge in [-0.25, -0.2) is 9.18 Å². The molecule has 2 aromatic carbocycles. The van der Waals surface area contributed by atoms with Gasteiger partial charge in [-0.3, -0.25) is 9.36 Å². The standard InChI is InChI=1S/C26H26ClFN2O4/c1-26(2,3)34-25(32)29-10-9-21-17(15-29)6-8-24(31)30(21)22-7-5-16(13-23(22)33-4)18-11-19(27)14-20(28)12-18/h5-8,11-14H,9-10,15H2,1-4H3. The Labute approximate surface area is 202 Å². The number of halogens is 2. The van der Waals surface area contributed by atoms with Crippen molar-refractivity contribution in [1.29, 1.82) is 0 Å². The molecule has 4 rings (SSSR count). The molecule has 0 aliphatic carbocycles. The molecule has 0 spiro atoms. The van der Waals surface area contributed by atoms with Gasteiger partial charge in [-0.05, 0) is 73.9 Å². The summed E-state index contributed by atoms with van der Waals surface area (Å²) in [7, 11) is 1.52. The van der Waals surface area contributed by atoms with Gasteiger partial charge in [-0.15, -0.1) is 0 Å². The van der Waals surface area contributed by atoms with Crippen molar-refractivity contribution in [3.63, 3.8) is 0 Å². The lowest BCUT2D eigenvalue weighted by Crippen LogP contribution is -2.41. The quantitative estimate of drug-likeness (QED) is 0.485. The molecule has 1 aromatic heterocycles. The van der Waals surface area contributed by atoms with Gasteiger partial charge in [-0.1, -0.05) is 17.7 Å². The lowest BCUT2D eigenvalue weighted by Gasteiger charge is -2.32. The van der Waals surface area contributed by atoms with Crippen molar-refractivity contribution in [2.24, 2.45) is 0 Å². The molecule has 3 aromatic rings. The Morgan fingerprint density at radius 2 is 1.82 bits per heavy atom. The highest BCUT2D eigenvalue weighted by Gasteiger charge is 2.28.